The highest BCUT2D eigenvalue weighted by atomic mass is 16.6. The molecule has 0 unspecified atom stereocenters. The number of aliphatic hydroxyl groups excluding tert-OH is 1. The van der Waals surface area contributed by atoms with E-state index in [0.29, 0.717) is 12.5 Å². The van der Waals surface area contributed by atoms with Crippen LogP contribution in [0.15, 0.2) is 30.1 Å². The molecule has 2 aliphatic carbocycles. The zero-order valence-electron chi connectivity index (χ0n) is 17.9. The number of hydrogen-bond acceptors (Lipinski definition) is 7. The van der Waals surface area contributed by atoms with Crippen LogP contribution >= 0.6 is 0 Å². The van der Waals surface area contributed by atoms with Gasteiger partial charge in [0.05, 0.1) is 12.0 Å². The Bertz CT molecular complexity index is 823. The van der Waals surface area contributed by atoms with E-state index >= 15 is 0 Å². The van der Waals surface area contributed by atoms with E-state index in [0.717, 1.165) is 51.4 Å². The molecule has 1 N–H and O–H groups in total. The Morgan fingerprint density at radius 3 is 2.70 bits per heavy atom. The van der Waals surface area contributed by atoms with E-state index < -0.39 is 6.10 Å². The number of esters is 1. The lowest BCUT2D eigenvalue weighted by Gasteiger charge is -2.52. The number of aliphatic hydroxyl groups is 1. The molecule has 3 heterocycles. The highest BCUT2D eigenvalue weighted by molar-refractivity contribution is 5.76. The summed E-state index contributed by atoms with van der Waals surface area (Å²) in [6, 6.07) is 1.83. The maximum atomic E-state index is 12.8. The van der Waals surface area contributed by atoms with Gasteiger partial charge in [0.1, 0.15) is 6.10 Å². The molecule has 1 aromatic rings. The smallest absolute Gasteiger partial charge is 0.311 e. The van der Waals surface area contributed by atoms with Crippen molar-refractivity contribution in [1.82, 2.24) is 14.9 Å². The summed E-state index contributed by atoms with van der Waals surface area (Å²) in [6.45, 7) is 8.48. The van der Waals surface area contributed by atoms with E-state index in [-0.39, 0.29) is 29.3 Å². The van der Waals surface area contributed by atoms with Gasteiger partial charge in [0.25, 0.3) is 0 Å². The van der Waals surface area contributed by atoms with Crippen LogP contribution in [0.25, 0.3) is 0 Å². The predicted octanol–water partition coefficient (Wildman–Crippen LogP) is 1.88. The van der Waals surface area contributed by atoms with Gasteiger partial charge >= 0.3 is 5.97 Å². The van der Waals surface area contributed by atoms with Gasteiger partial charge in [0.15, 0.2) is 0 Å². The first kappa shape index (κ1) is 19.9. The molecule has 30 heavy (non-hydrogen) atoms. The van der Waals surface area contributed by atoms with Gasteiger partial charge in [-0.2, -0.15) is 0 Å². The lowest BCUT2D eigenvalue weighted by atomic mass is 9.55. The number of carbonyl (C=O) groups excluding carboxylic acids is 1. The fourth-order valence-corrected chi connectivity index (χ4v) is 6.14. The summed E-state index contributed by atoms with van der Waals surface area (Å²) >= 11 is 0. The third-order valence-electron chi connectivity index (χ3n) is 8.23. The Balaban J connectivity index is 1.28. The van der Waals surface area contributed by atoms with E-state index in [1.807, 2.05) is 6.07 Å². The first-order chi connectivity index (χ1) is 14.5. The summed E-state index contributed by atoms with van der Waals surface area (Å²) in [6.07, 6.45) is 8.04. The average molecular weight is 413 g/mol. The van der Waals surface area contributed by atoms with Crippen LogP contribution in [-0.4, -0.2) is 70.9 Å². The molecule has 0 aromatic carbocycles. The van der Waals surface area contributed by atoms with Gasteiger partial charge in [-0.1, -0.05) is 25.5 Å². The first-order valence-electron chi connectivity index (χ1n) is 11.3. The van der Waals surface area contributed by atoms with Crippen LogP contribution in [0.2, 0.25) is 0 Å². The van der Waals surface area contributed by atoms with Gasteiger partial charge < -0.3 is 14.7 Å². The molecule has 6 atom stereocenters. The lowest BCUT2D eigenvalue weighted by Crippen LogP contribution is -2.55. The number of carbonyl (C=O) groups is 1. The fourth-order valence-electron chi connectivity index (χ4n) is 6.14. The van der Waals surface area contributed by atoms with Gasteiger partial charge in [-0.25, -0.2) is 9.97 Å². The van der Waals surface area contributed by atoms with Crippen molar-refractivity contribution in [2.75, 3.05) is 37.6 Å². The standard InChI is InChI=1S/C23H32N4O3/c1-15-5-3-6-16-13-18-19(20(28)23(15,16)2)17(21(29)30-18)14-26-9-11-27(12-10-26)22-24-7-4-8-25-22/h4,6-8,15,17-20,28H,3,5,9-14H2,1-2H3/t15-,17-,18-,19-,20+,23-/m1/s1. The zero-order chi connectivity index (χ0) is 20.9. The molecule has 2 aliphatic heterocycles. The zero-order valence-corrected chi connectivity index (χ0v) is 17.9. The van der Waals surface area contributed by atoms with Gasteiger partial charge in [-0.05, 0) is 24.8 Å². The maximum Gasteiger partial charge on any atom is 0.311 e. The van der Waals surface area contributed by atoms with Gasteiger partial charge in [0.2, 0.25) is 5.95 Å². The summed E-state index contributed by atoms with van der Waals surface area (Å²) in [4.78, 5) is 26.0. The lowest BCUT2D eigenvalue weighted by molar-refractivity contribution is -0.145. The van der Waals surface area contributed by atoms with Crippen molar-refractivity contribution in [3.63, 3.8) is 0 Å². The highest BCUT2D eigenvalue weighted by Crippen LogP contribution is 2.56. The number of ether oxygens (including phenoxy) is 1. The molecule has 0 amide bonds. The van der Waals surface area contributed by atoms with Crippen molar-refractivity contribution in [1.29, 1.82) is 0 Å². The number of anilines is 1. The van der Waals surface area contributed by atoms with E-state index in [1.54, 1.807) is 12.4 Å². The van der Waals surface area contributed by atoms with Crippen molar-refractivity contribution in [2.45, 2.75) is 45.3 Å². The monoisotopic (exact) mass is 412 g/mol. The normalized spacial score (nSPS) is 39.2. The molecule has 0 spiro atoms. The Morgan fingerprint density at radius 2 is 1.97 bits per heavy atom. The summed E-state index contributed by atoms with van der Waals surface area (Å²) in [5.41, 5.74) is 1.05. The largest absolute Gasteiger partial charge is 0.461 e. The number of allylic oxidation sites excluding steroid dienone is 1. The Labute approximate surface area is 178 Å². The fraction of sp³-hybridized carbons (Fsp3) is 0.696. The van der Waals surface area contributed by atoms with E-state index in [1.165, 1.54) is 5.57 Å². The molecule has 4 aliphatic rings. The molecule has 5 rings (SSSR count). The molecular formula is C23H32N4O3. The molecule has 0 radical (unpaired) electrons. The average Bonchev–Trinajstić information content (AvgIpc) is 3.07. The van der Waals surface area contributed by atoms with Crippen molar-refractivity contribution in [3.8, 4) is 0 Å². The minimum Gasteiger partial charge on any atom is -0.461 e. The van der Waals surface area contributed by atoms with Crippen LogP contribution in [0.3, 0.4) is 0 Å². The summed E-state index contributed by atoms with van der Waals surface area (Å²) in [5, 5.41) is 11.5. The Morgan fingerprint density at radius 1 is 1.23 bits per heavy atom. The highest BCUT2D eigenvalue weighted by Gasteiger charge is 2.59. The molecular weight excluding hydrogens is 380 g/mol. The third kappa shape index (κ3) is 3.14. The third-order valence-corrected chi connectivity index (χ3v) is 8.23. The predicted molar refractivity (Wildman–Crippen MR) is 113 cm³/mol. The molecule has 0 bridgehead atoms. The minimum atomic E-state index is -0.534. The van der Waals surface area contributed by atoms with E-state index in [4.69, 9.17) is 4.74 Å². The van der Waals surface area contributed by atoms with Crippen LogP contribution in [-0.2, 0) is 9.53 Å². The van der Waals surface area contributed by atoms with Crippen molar-refractivity contribution >= 4 is 11.9 Å². The summed E-state index contributed by atoms with van der Waals surface area (Å²) in [5.74, 6) is 0.680. The number of rotatable bonds is 3. The number of fused-ring (bicyclic) bond motifs is 2. The Hall–Kier alpha value is -1.99. The SMILES string of the molecule is C[C@@H]1CCC=C2C[C@H]3OC(=O)[C@H](CN4CCN(c5ncccn5)CC4)[C@H]3[C@H](O)[C@@]21C. The summed E-state index contributed by atoms with van der Waals surface area (Å²) in [7, 11) is 0. The summed E-state index contributed by atoms with van der Waals surface area (Å²) < 4.78 is 5.81. The van der Waals surface area contributed by atoms with E-state index in [9.17, 15) is 9.90 Å². The minimum absolute atomic E-state index is 0.115. The van der Waals surface area contributed by atoms with E-state index in [2.05, 4.69) is 39.7 Å². The molecule has 1 aromatic heterocycles. The number of nitrogens with zero attached hydrogens (tertiary/aromatic N) is 4. The van der Waals surface area contributed by atoms with Crippen molar-refractivity contribution in [2.24, 2.45) is 23.2 Å². The molecule has 7 nitrogen and oxygen atoms in total. The number of hydrogen-bond donors (Lipinski definition) is 1. The second-order valence-electron chi connectivity index (χ2n) is 9.64. The second-order valence-corrected chi connectivity index (χ2v) is 9.64. The van der Waals surface area contributed by atoms with Crippen LogP contribution in [0.1, 0.15) is 33.1 Å². The van der Waals surface area contributed by atoms with Gasteiger partial charge in [-0.15, -0.1) is 0 Å². The van der Waals surface area contributed by atoms with Crippen molar-refractivity contribution in [3.05, 3.63) is 30.1 Å². The molecule has 162 valence electrons. The van der Waals surface area contributed by atoms with Crippen LogP contribution in [0.4, 0.5) is 5.95 Å². The number of aromatic nitrogens is 2. The van der Waals surface area contributed by atoms with Crippen LogP contribution < -0.4 is 4.90 Å². The molecule has 2 saturated heterocycles. The molecule has 1 saturated carbocycles. The van der Waals surface area contributed by atoms with Crippen LogP contribution in [0, 0.1) is 23.2 Å². The second kappa shape index (κ2) is 7.61. The number of piperazine rings is 1. The maximum absolute atomic E-state index is 12.8. The Kier molecular flexibility index (Phi) is 5.06. The first-order valence-corrected chi connectivity index (χ1v) is 11.3. The van der Waals surface area contributed by atoms with Crippen molar-refractivity contribution < 1.29 is 14.6 Å². The molecule has 3 fully saturated rings. The molecule has 7 heteroatoms. The van der Waals surface area contributed by atoms with Crippen LogP contribution in [0.5, 0.6) is 0 Å². The topological polar surface area (TPSA) is 78.8 Å². The van der Waals surface area contributed by atoms with Gasteiger partial charge in [-0.3, -0.25) is 9.69 Å². The quantitative estimate of drug-likeness (QED) is 0.600. The van der Waals surface area contributed by atoms with Gasteiger partial charge in [0, 0.05) is 62.9 Å².